The van der Waals surface area contributed by atoms with Crippen LogP contribution in [0.4, 0.5) is 0 Å². The molecule has 0 saturated carbocycles. The molecule has 1 rings (SSSR count). The van der Waals surface area contributed by atoms with E-state index in [4.69, 9.17) is 0 Å². The monoisotopic (exact) mass is 167 g/mol. The van der Waals surface area contributed by atoms with Crippen molar-refractivity contribution in [1.29, 1.82) is 0 Å². The number of rotatable bonds is 4. The van der Waals surface area contributed by atoms with Crippen LogP contribution >= 0.6 is 11.3 Å². The van der Waals surface area contributed by atoms with Crippen LogP contribution in [0.2, 0.25) is 0 Å². The highest BCUT2D eigenvalue weighted by Crippen LogP contribution is 2.04. The molecule has 0 spiro atoms. The summed E-state index contributed by atoms with van der Waals surface area (Å²) in [6, 6.07) is 4.13. The van der Waals surface area contributed by atoms with Crippen molar-refractivity contribution in [1.82, 2.24) is 0 Å². The smallest absolute Gasteiger partial charge is 0.0448 e. The van der Waals surface area contributed by atoms with E-state index in [1.165, 1.54) is 17.7 Å². The summed E-state index contributed by atoms with van der Waals surface area (Å²) >= 11 is 1.73. The van der Waals surface area contributed by atoms with E-state index in [0.717, 1.165) is 6.54 Å². The molecule has 0 saturated heterocycles. The van der Waals surface area contributed by atoms with Crippen LogP contribution in [0.5, 0.6) is 0 Å². The average molecular weight is 167 g/mol. The maximum Gasteiger partial charge on any atom is 0.0448 e. The van der Waals surface area contributed by atoms with E-state index in [-0.39, 0.29) is 0 Å². The second-order valence-electron chi connectivity index (χ2n) is 2.40. The number of hydrogen-bond donors (Lipinski definition) is 0. The van der Waals surface area contributed by atoms with Crippen molar-refractivity contribution in [2.75, 3.05) is 6.54 Å². The van der Waals surface area contributed by atoms with Crippen molar-refractivity contribution >= 4 is 17.6 Å². The summed E-state index contributed by atoms with van der Waals surface area (Å²) in [4.78, 5) is 5.54. The maximum absolute atomic E-state index is 4.29. The topological polar surface area (TPSA) is 12.4 Å². The fraction of sp³-hybridized carbons (Fsp3) is 0.444. The van der Waals surface area contributed by atoms with Crippen molar-refractivity contribution in [3.63, 3.8) is 0 Å². The fourth-order valence-corrected chi connectivity index (χ4v) is 1.38. The van der Waals surface area contributed by atoms with Gasteiger partial charge in [0.2, 0.25) is 0 Å². The van der Waals surface area contributed by atoms with Crippen LogP contribution in [-0.4, -0.2) is 12.8 Å². The van der Waals surface area contributed by atoms with Crippen LogP contribution in [0.1, 0.15) is 24.6 Å². The summed E-state index contributed by atoms with van der Waals surface area (Å²) in [5, 5.41) is 2.07. The van der Waals surface area contributed by atoms with Crippen LogP contribution in [0.25, 0.3) is 0 Å². The molecule has 1 aromatic rings. The lowest BCUT2D eigenvalue weighted by Gasteiger charge is -1.87. The van der Waals surface area contributed by atoms with Crippen LogP contribution in [0, 0.1) is 0 Å². The van der Waals surface area contributed by atoms with Gasteiger partial charge in [-0.15, -0.1) is 11.3 Å². The van der Waals surface area contributed by atoms with Crippen molar-refractivity contribution in [2.45, 2.75) is 19.8 Å². The molecule has 0 radical (unpaired) electrons. The van der Waals surface area contributed by atoms with Gasteiger partial charge in [-0.2, -0.15) is 0 Å². The number of aliphatic imine (C=N–C) groups is 1. The number of unbranched alkanes of at least 4 members (excludes halogenated alkanes) is 1. The van der Waals surface area contributed by atoms with Gasteiger partial charge in [0.1, 0.15) is 0 Å². The minimum atomic E-state index is 0.967. The van der Waals surface area contributed by atoms with Gasteiger partial charge < -0.3 is 0 Å². The van der Waals surface area contributed by atoms with Gasteiger partial charge in [0.15, 0.2) is 0 Å². The van der Waals surface area contributed by atoms with Crippen LogP contribution in [-0.2, 0) is 0 Å². The highest BCUT2D eigenvalue weighted by Gasteiger charge is 1.84. The summed E-state index contributed by atoms with van der Waals surface area (Å²) in [7, 11) is 0. The third-order valence-electron chi connectivity index (χ3n) is 1.40. The molecule has 0 amide bonds. The molecule has 1 heterocycles. The van der Waals surface area contributed by atoms with E-state index < -0.39 is 0 Å². The van der Waals surface area contributed by atoms with Crippen molar-refractivity contribution < 1.29 is 0 Å². The van der Waals surface area contributed by atoms with E-state index in [1.54, 1.807) is 11.3 Å². The Hall–Kier alpha value is -0.630. The summed E-state index contributed by atoms with van der Waals surface area (Å²) in [5.74, 6) is 0. The van der Waals surface area contributed by atoms with Crippen LogP contribution in [0.15, 0.2) is 22.5 Å². The average Bonchev–Trinajstić information content (AvgIpc) is 2.50. The predicted molar refractivity (Wildman–Crippen MR) is 51.7 cm³/mol. The van der Waals surface area contributed by atoms with Crippen molar-refractivity contribution in [3.8, 4) is 0 Å². The SMILES string of the molecule is CCCC/N=C/c1cccs1. The fourth-order valence-electron chi connectivity index (χ4n) is 0.769. The molecule has 0 fully saturated rings. The van der Waals surface area contributed by atoms with Gasteiger partial charge in [-0.05, 0) is 17.9 Å². The first-order chi connectivity index (χ1) is 5.43. The molecule has 0 unspecified atom stereocenters. The van der Waals surface area contributed by atoms with E-state index in [9.17, 15) is 0 Å². The van der Waals surface area contributed by atoms with E-state index >= 15 is 0 Å². The molecular weight excluding hydrogens is 154 g/mol. The van der Waals surface area contributed by atoms with Gasteiger partial charge in [0, 0.05) is 17.6 Å². The van der Waals surface area contributed by atoms with Gasteiger partial charge >= 0.3 is 0 Å². The Balaban J connectivity index is 2.25. The summed E-state index contributed by atoms with van der Waals surface area (Å²) < 4.78 is 0. The molecule has 1 nitrogen and oxygen atoms in total. The minimum Gasteiger partial charge on any atom is -0.292 e. The first-order valence-corrected chi connectivity index (χ1v) is 4.85. The molecule has 0 bridgehead atoms. The normalized spacial score (nSPS) is 11.0. The number of nitrogens with zero attached hydrogens (tertiary/aromatic N) is 1. The van der Waals surface area contributed by atoms with E-state index in [1.807, 2.05) is 12.3 Å². The lowest BCUT2D eigenvalue weighted by Crippen LogP contribution is -1.80. The molecule has 0 N–H and O–H groups in total. The Morgan fingerprint density at radius 3 is 3.18 bits per heavy atom. The number of thiophene rings is 1. The van der Waals surface area contributed by atoms with Crippen molar-refractivity contribution in [3.05, 3.63) is 22.4 Å². The van der Waals surface area contributed by atoms with Crippen LogP contribution < -0.4 is 0 Å². The predicted octanol–water partition coefficient (Wildman–Crippen LogP) is 2.97. The Morgan fingerprint density at radius 1 is 1.64 bits per heavy atom. The largest absolute Gasteiger partial charge is 0.292 e. The molecule has 0 aromatic carbocycles. The summed E-state index contributed by atoms with van der Waals surface area (Å²) in [5.41, 5.74) is 0. The zero-order chi connectivity index (χ0) is 7.94. The van der Waals surface area contributed by atoms with E-state index in [2.05, 4.69) is 23.4 Å². The summed E-state index contributed by atoms with van der Waals surface area (Å²) in [6.07, 6.45) is 4.38. The second kappa shape index (κ2) is 5.08. The van der Waals surface area contributed by atoms with Gasteiger partial charge in [0.05, 0.1) is 0 Å². The van der Waals surface area contributed by atoms with Gasteiger partial charge in [0.25, 0.3) is 0 Å². The summed E-state index contributed by atoms with van der Waals surface area (Å²) in [6.45, 7) is 3.15. The first-order valence-electron chi connectivity index (χ1n) is 3.97. The molecule has 11 heavy (non-hydrogen) atoms. The standard InChI is InChI=1S/C9H13NS/c1-2-3-6-10-8-9-5-4-7-11-9/h4-5,7-8H,2-3,6H2,1H3/b10-8+. The Labute approximate surface area is 71.8 Å². The number of hydrogen-bond acceptors (Lipinski definition) is 2. The van der Waals surface area contributed by atoms with Gasteiger partial charge in [-0.25, -0.2) is 0 Å². The molecule has 60 valence electrons. The molecule has 0 aliphatic rings. The Morgan fingerprint density at radius 2 is 2.55 bits per heavy atom. The molecule has 0 aliphatic heterocycles. The highest BCUT2D eigenvalue weighted by atomic mass is 32.1. The third kappa shape index (κ3) is 3.33. The van der Waals surface area contributed by atoms with E-state index in [0.29, 0.717) is 0 Å². The van der Waals surface area contributed by atoms with Crippen molar-refractivity contribution in [2.24, 2.45) is 4.99 Å². The lowest BCUT2D eigenvalue weighted by molar-refractivity contribution is 0.810. The quantitative estimate of drug-likeness (QED) is 0.483. The zero-order valence-corrected chi connectivity index (χ0v) is 7.60. The third-order valence-corrected chi connectivity index (χ3v) is 2.21. The lowest BCUT2D eigenvalue weighted by atomic mass is 10.3. The van der Waals surface area contributed by atoms with Gasteiger partial charge in [-0.3, -0.25) is 4.99 Å². The maximum atomic E-state index is 4.29. The van der Waals surface area contributed by atoms with Crippen LogP contribution in [0.3, 0.4) is 0 Å². The second-order valence-corrected chi connectivity index (χ2v) is 3.38. The Bertz CT molecular complexity index is 201. The molecule has 0 aliphatic carbocycles. The molecule has 2 heteroatoms. The molecular formula is C9H13NS. The zero-order valence-electron chi connectivity index (χ0n) is 6.79. The Kier molecular flexibility index (Phi) is 3.91. The van der Waals surface area contributed by atoms with Gasteiger partial charge in [-0.1, -0.05) is 19.4 Å². The minimum absolute atomic E-state index is 0.967. The first kappa shape index (κ1) is 8.47. The molecule has 1 aromatic heterocycles. The molecule has 0 atom stereocenters. The highest BCUT2D eigenvalue weighted by molar-refractivity contribution is 7.11.